The second kappa shape index (κ2) is 6.91. The van der Waals surface area contributed by atoms with Gasteiger partial charge in [-0.25, -0.2) is 14.5 Å². The molecule has 0 radical (unpaired) electrons. The summed E-state index contributed by atoms with van der Waals surface area (Å²) < 4.78 is 6.58. The van der Waals surface area contributed by atoms with Crippen molar-refractivity contribution in [3.63, 3.8) is 0 Å². The van der Waals surface area contributed by atoms with Gasteiger partial charge in [0.1, 0.15) is 0 Å². The molecule has 0 fully saturated rings. The first-order valence-electron chi connectivity index (χ1n) is 7.64. The predicted molar refractivity (Wildman–Crippen MR) is 94.3 cm³/mol. The summed E-state index contributed by atoms with van der Waals surface area (Å²) in [7, 11) is 1.34. The maximum Gasteiger partial charge on any atom is 0.338 e. The molecule has 0 atom stereocenters. The molecule has 0 saturated heterocycles. The molecule has 1 aromatic carbocycles. The first kappa shape index (κ1) is 16.9. The third-order valence-electron chi connectivity index (χ3n) is 3.86. The number of esters is 1. The highest BCUT2D eigenvalue weighted by molar-refractivity contribution is 6.30. The van der Waals surface area contributed by atoms with Crippen LogP contribution >= 0.6 is 11.6 Å². The number of rotatable bonds is 4. The molecular weight excluding hydrogens is 340 g/mol. The quantitative estimate of drug-likeness (QED) is 0.666. The van der Waals surface area contributed by atoms with Crippen LogP contribution in [0.25, 0.3) is 22.3 Å². The molecule has 3 aromatic rings. The SMILES string of the molecule is COC(=O)c1cc(-c2ccc(Cl)cc2)nc2c1c(C)nn2CCC#N. The van der Waals surface area contributed by atoms with E-state index in [1.54, 1.807) is 29.8 Å². The van der Waals surface area contributed by atoms with Crippen molar-refractivity contribution in [2.24, 2.45) is 0 Å². The number of methoxy groups -OCH3 is 1. The van der Waals surface area contributed by atoms with Crippen LogP contribution in [0, 0.1) is 18.3 Å². The molecule has 0 saturated carbocycles. The van der Waals surface area contributed by atoms with Gasteiger partial charge in [0.25, 0.3) is 0 Å². The van der Waals surface area contributed by atoms with Crippen molar-refractivity contribution in [3.8, 4) is 17.3 Å². The van der Waals surface area contributed by atoms with E-state index in [2.05, 4.69) is 16.2 Å². The number of pyridine rings is 1. The van der Waals surface area contributed by atoms with Gasteiger partial charge in [0.15, 0.2) is 5.65 Å². The van der Waals surface area contributed by atoms with Gasteiger partial charge >= 0.3 is 5.97 Å². The van der Waals surface area contributed by atoms with E-state index in [9.17, 15) is 4.79 Å². The van der Waals surface area contributed by atoms with Gasteiger partial charge in [-0.3, -0.25) is 0 Å². The monoisotopic (exact) mass is 354 g/mol. The van der Waals surface area contributed by atoms with Crippen LogP contribution in [0.2, 0.25) is 5.02 Å². The largest absolute Gasteiger partial charge is 0.465 e. The summed E-state index contributed by atoms with van der Waals surface area (Å²) in [5, 5.41) is 14.5. The Morgan fingerprint density at radius 1 is 1.36 bits per heavy atom. The molecule has 0 spiro atoms. The molecule has 0 amide bonds. The van der Waals surface area contributed by atoms with Crippen LogP contribution in [0.5, 0.6) is 0 Å². The second-order valence-corrected chi connectivity index (χ2v) is 5.91. The first-order valence-corrected chi connectivity index (χ1v) is 8.02. The van der Waals surface area contributed by atoms with Crippen LogP contribution in [0.4, 0.5) is 0 Å². The molecule has 0 aliphatic rings. The number of hydrogen-bond donors (Lipinski definition) is 0. The van der Waals surface area contributed by atoms with Crippen molar-refractivity contribution in [3.05, 3.63) is 46.6 Å². The first-order chi connectivity index (χ1) is 12.0. The highest BCUT2D eigenvalue weighted by Gasteiger charge is 2.20. The number of aromatic nitrogens is 3. The highest BCUT2D eigenvalue weighted by atomic mass is 35.5. The summed E-state index contributed by atoms with van der Waals surface area (Å²) in [6.07, 6.45) is 0.302. The number of benzene rings is 1. The standard InChI is InChI=1S/C18H15ClN4O2/c1-11-16-14(18(24)25-2)10-15(12-4-6-13(19)7-5-12)21-17(16)23(22-11)9-3-8-20/h4-7,10H,3,9H2,1-2H3. The molecule has 2 heterocycles. The van der Waals surface area contributed by atoms with Crippen molar-refractivity contribution in [1.82, 2.24) is 14.8 Å². The highest BCUT2D eigenvalue weighted by Crippen LogP contribution is 2.28. The van der Waals surface area contributed by atoms with Gasteiger partial charge in [-0.2, -0.15) is 10.4 Å². The summed E-state index contributed by atoms with van der Waals surface area (Å²) in [5.74, 6) is -0.453. The van der Waals surface area contributed by atoms with Crippen LogP contribution in [0.1, 0.15) is 22.5 Å². The zero-order valence-corrected chi connectivity index (χ0v) is 14.5. The normalized spacial score (nSPS) is 10.6. The van der Waals surface area contributed by atoms with Crippen LogP contribution in [0.15, 0.2) is 30.3 Å². The lowest BCUT2D eigenvalue weighted by Crippen LogP contribution is -2.05. The molecule has 0 N–H and O–H groups in total. The fourth-order valence-electron chi connectivity index (χ4n) is 2.70. The second-order valence-electron chi connectivity index (χ2n) is 5.47. The fourth-order valence-corrected chi connectivity index (χ4v) is 2.83. The smallest absolute Gasteiger partial charge is 0.338 e. The minimum Gasteiger partial charge on any atom is -0.465 e. The lowest BCUT2D eigenvalue weighted by atomic mass is 10.1. The van der Waals surface area contributed by atoms with E-state index < -0.39 is 5.97 Å². The maximum absolute atomic E-state index is 12.3. The zero-order valence-electron chi connectivity index (χ0n) is 13.8. The number of aryl methyl sites for hydroxylation is 2. The van der Waals surface area contributed by atoms with Crippen molar-refractivity contribution < 1.29 is 9.53 Å². The van der Waals surface area contributed by atoms with E-state index in [-0.39, 0.29) is 0 Å². The van der Waals surface area contributed by atoms with Gasteiger partial charge in [0.2, 0.25) is 0 Å². The number of hydrogen-bond acceptors (Lipinski definition) is 5. The summed E-state index contributed by atoms with van der Waals surface area (Å²) in [4.78, 5) is 16.9. The van der Waals surface area contributed by atoms with E-state index in [1.807, 2.05) is 12.1 Å². The van der Waals surface area contributed by atoms with Gasteiger partial charge in [-0.1, -0.05) is 23.7 Å². The third kappa shape index (κ3) is 3.19. The summed E-state index contributed by atoms with van der Waals surface area (Å²) in [5.41, 5.74) is 3.06. The Morgan fingerprint density at radius 2 is 2.08 bits per heavy atom. The minimum atomic E-state index is -0.453. The molecular formula is C18H15ClN4O2. The molecule has 0 aliphatic heterocycles. The number of ether oxygens (including phenoxy) is 1. The number of halogens is 1. The Balaban J connectivity index is 2.27. The number of nitrogens with zero attached hydrogens (tertiary/aromatic N) is 4. The number of nitriles is 1. The lowest BCUT2D eigenvalue weighted by molar-refractivity contribution is 0.0603. The van der Waals surface area contributed by atoms with Crippen LogP contribution in [0.3, 0.4) is 0 Å². The van der Waals surface area contributed by atoms with Crippen molar-refractivity contribution in [1.29, 1.82) is 5.26 Å². The van der Waals surface area contributed by atoms with E-state index in [4.69, 9.17) is 21.6 Å². The summed E-state index contributed by atoms with van der Waals surface area (Å²) >= 11 is 5.94. The molecule has 2 aromatic heterocycles. The van der Waals surface area contributed by atoms with E-state index in [0.717, 1.165) is 5.56 Å². The van der Waals surface area contributed by atoms with Gasteiger partial charge in [0.05, 0.1) is 48.5 Å². The zero-order chi connectivity index (χ0) is 18.0. The Bertz CT molecular complexity index is 987. The maximum atomic E-state index is 12.3. The van der Waals surface area contributed by atoms with Crippen molar-refractivity contribution >= 4 is 28.6 Å². The van der Waals surface area contributed by atoms with Gasteiger partial charge in [-0.15, -0.1) is 0 Å². The van der Waals surface area contributed by atoms with Crippen molar-refractivity contribution in [2.75, 3.05) is 7.11 Å². The van der Waals surface area contributed by atoms with Gasteiger partial charge < -0.3 is 4.74 Å². The Kier molecular flexibility index (Phi) is 4.68. The van der Waals surface area contributed by atoms with Crippen LogP contribution in [-0.2, 0) is 11.3 Å². The summed E-state index contributed by atoms with van der Waals surface area (Å²) in [6.45, 7) is 2.21. The predicted octanol–water partition coefficient (Wildman–Crippen LogP) is 3.76. The average molecular weight is 355 g/mol. The number of carbonyl (C=O) groups is 1. The molecule has 0 aliphatic carbocycles. The summed E-state index contributed by atoms with van der Waals surface area (Å²) in [6, 6.07) is 11.0. The van der Waals surface area contributed by atoms with E-state index in [0.29, 0.717) is 46.0 Å². The van der Waals surface area contributed by atoms with Crippen molar-refractivity contribution in [2.45, 2.75) is 19.9 Å². The van der Waals surface area contributed by atoms with Gasteiger partial charge in [0, 0.05) is 10.6 Å². The molecule has 3 rings (SSSR count). The fraction of sp³-hybridized carbons (Fsp3) is 0.222. The minimum absolute atomic E-state index is 0.302. The van der Waals surface area contributed by atoms with Crippen LogP contribution < -0.4 is 0 Å². The number of fused-ring (bicyclic) bond motifs is 1. The molecule has 25 heavy (non-hydrogen) atoms. The lowest BCUT2D eigenvalue weighted by Gasteiger charge is -2.08. The van der Waals surface area contributed by atoms with E-state index >= 15 is 0 Å². The molecule has 6 nitrogen and oxygen atoms in total. The van der Waals surface area contributed by atoms with Gasteiger partial charge in [-0.05, 0) is 25.1 Å². The third-order valence-corrected chi connectivity index (χ3v) is 4.11. The van der Waals surface area contributed by atoms with E-state index in [1.165, 1.54) is 7.11 Å². The molecule has 0 unspecified atom stereocenters. The topological polar surface area (TPSA) is 80.8 Å². The number of carbonyl (C=O) groups excluding carboxylic acids is 1. The molecule has 0 bridgehead atoms. The Morgan fingerprint density at radius 3 is 2.72 bits per heavy atom. The van der Waals surface area contributed by atoms with Crippen LogP contribution in [-0.4, -0.2) is 27.8 Å². The Hall–Kier alpha value is -2.91. The Labute approximate surface area is 149 Å². The average Bonchev–Trinajstić information content (AvgIpc) is 2.95. The molecule has 126 valence electrons. The molecule has 7 heteroatoms.